The van der Waals surface area contributed by atoms with Gasteiger partial charge in [0.05, 0.1) is 12.6 Å². The van der Waals surface area contributed by atoms with E-state index in [9.17, 15) is 4.79 Å². The summed E-state index contributed by atoms with van der Waals surface area (Å²) in [6.07, 6.45) is 0. The molecule has 0 aliphatic rings. The number of amides is 1. The van der Waals surface area contributed by atoms with Crippen LogP contribution in [0.5, 0.6) is 0 Å². The number of carbonyl (C=O) groups excluding carboxylic acids is 1. The molecule has 1 amide bonds. The first-order valence-electron chi connectivity index (χ1n) is 7.61. The van der Waals surface area contributed by atoms with E-state index in [0.29, 0.717) is 25.0 Å². The Bertz CT molecular complexity index is 407. The second-order valence-corrected chi connectivity index (χ2v) is 5.67. The minimum atomic E-state index is -0.202. The van der Waals surface area contributed by atoms with Crippen LogP contribution in [-0.2, 0) is 9.53 Å². The Morgan fingerprint density at radius 3 is 2.43 bits per heavy atom. The molecule has 0 aliphatic carbocycles. The molecule has 2 atom stereocenters. The molecular formula is C17H28N2O2. The molecule has 0 spiro atoms. The molecule has 0 saturated carbocycles. The molecule has 0 aliphatic heterocycles. The Kier molecular flexibility index (Phi) is 8.01. The van der Waals surface area contributed by atoms with Gasteiger partial charge in [-0.15, -0.1) is 0 Å². The average Bonchev–Trinajstić information content (AvgIpc) is 2.48. The molecular weight excluding hydrogens is 264 g/mol. The Morgan fingerprint density at radius 2 is 1.86 bits per heavy atom. The fourth-order valence-electron chi connectivity index (χ4n) is 2.26. The number of benzene rings is 1. The number of hydrogen-bond acceptors (Lipinski definition) is 3. The fourth-order valence-corrected chi connectivity index (χ4v) is 2.26. The van der Waals surface area contributed by atoms with Gasteiger partial charge in [0.2, 0.25) is 5.91 Å². The lowest BCUT2D eigenvalue weighted by molar-refractivity contribution is -0.122. The zero-order valence-electron chi connectivity index (χ0n) is 13.6. The zero-order chi connectivity index (χ0) is 15.7. The molecule has 118 valence electrons. The van der Waals surface area contributed by atoms with Crippen molar-refractivity contribution in [1.29, 1.82) is 0 Å². The molecule has 4 heteroatoms. The Labute approximate surface area is 128 Å². The minimum absolute atomic E-state index is 0.0163. The molecule has 0 fully saturated rings. The molecule has 2 unspecified atom stereocenters. The maximum Gasteiger partial charge on any atom is 0.236 e. The molecule has 21 heavy (non-hydrogen) atoms. The van der Waals surface area contributed by atoms with Crippen LogP contribution in [0.25, 0.3) is 0 Å². The van der Waals surface area contributed by atoms with Crippen molar-refractivity contribution in [2.45, 2.75) is 32.7 Å². The van der Waals surface area contributed by atoms with Crippen molar-refractivity contribution in [3.8, 4) is 0 Å². The summed E-state index contributed by atoms with van der Waals surface area (Å²) in [4.78, 5) is 11.9. The molecule has 4 nitrogen and oxygen atoms in total. The van der Waals surface area contributed by atoms with Crippen LogP contribution in [0.4, 0.5) is 0 Å². The monoisotopic (exact) mass is 292 g/mol. The highest BCUT2D eigenvalue weighted by Crippen LogP contribution is 2.23. The summed E-state index contributed by atoms with van der Waals surface area (Å²) in [6, 6.07) is 10.2. The van der Waals surface area contributed by atoms with Gasteiger partial charge < -0.3 is 15.4 Å². The van der Waals surface area contributed by atoms with E-state index in [1.165, 1.54) is 5.56 Å². The van der Waals surface area contributed by atoms with Gasteiger partial charge in [0.1, 0.15) is 0 Å². The standard InChI is InChI=1S/C17H28N2O2/c1-13(2)16(15-8-6-5-7-9-15)12-19-14(3)17(20)18-10-11-21-4/h5-9,13-14,16,19H,10-12H2,1-4H3,(H,18,20). The summed E-state index contributed by atoms with van der Waals surface area (Å²) in [7, 11) is 1.63. The predicted molar refractivity (Wildman–Crippen MR) is 86.4 cm³/mol. The van der Waals surface area contributed by atoms with Gasteiger partial charge in [0.25, 0.3) is 0 Å². The Balaban J connectivity index is 2.48. The van der Waals surface area contributed by atoms with Crippen LogP contribution in [-0.4, -0.2) is 38.8 Å². The largest absolute Gasteiger partial charge is 0.383 e. The lowest BCUT2D eigenvalue weighted by Crippen LogP contribution is -2.44. The van der Waals surface area contributed by atoms with Crippen LogP contribution >= 0.6 is 0 Å². The van der Waals surface area contributed by atoms with Gasteiger partial charge in [0.15, 0.2) is 0 Å². The summed E-state index contributed by atoms with van der Waals surface area (Å²) < 4.78 is 4.92. The second-order valence-electron chi connectivity index (χ2n) is 5.67. The number of methoxy groups -OCH3 is 1. The summed E-state index contributed by atoms with van der Waals surface area (Å²) in [5.74, 6) is 0.937. The number of carbonyl (C=O) groups is 1. The zero-order valence-corrected chi connectivity index (χ0v) is 13.6. The number of ether oxygens (including phenoxy) is 1. The third-order valence-electron chi connectivity index (χ3n) is 3.68. The smallest absolute Gasteiger partial charge is 0.236 e. The normalized spacial score (nSPS) is 14.0. The molecule has 0 aromatic heterocycles. The summed E-state index contributed by atoms with van der Waals surface area (Å²) in [6.45, 7) is 8.20. The van der Waals surface area contributed by atoms with Gasteiger partial charge in [-0.3, -0.25) is 4.79 Å². The summed E-state index contributed by atoms with van der Waals surface area (Å²) in [5, 5.41) is 6.19. The van der Waals surface area contributed by atoms with Crippen molar-refractivity contribution in [3.05, 3.63) is 35.9 Å². The highest BCUT2D eigenvalue weighted by Gasteiger charge is 2.18. The van der Waals surface area contributed by atoms with Crippen LogP contribution < -0.4 is 10.6 Å². The number of nitrogens with one attached hydrogen (secondary N) is 2. The van der Waals surface area contributed by atoms with Gasteiger partial charge in [0, 0.05) is 20.2 Å². The van der Waals surface area contributed by atoms with E-state index in [-0.39, 0.29) is 11.9 Å². The molecule has 0 radical (unpaired) electrons. The Hall–Kier alpha value is -1.39. The fraction of sp³-hybridized carbons (Fsp3) is 0.588. The lowest BCUT2D eigenvalue weighted by Gasteiger charge is -2.24. The van der Waals surface area contributed by atoms with E-state index >= 15 is 0 Å². The van der Waals surface area contributed by atoms with Crippen LogP contribution in [0.2, 0.25) is 0 Å². The van der Waals surface area contributed by atoms with Crippen molar-refractivity contribution in [2.75, 3.05) is 26.8 Å². The molecule has 2 N–H and O–H groups in total. The molecule has 1 aromatic carbocycles. The van der Waals surface area contributed by atoms with E-state index in [4.69, 9.17) is 4.74 Å². The lowest BCUT2D eigenvalue weighted by atomic mass is 9.88. The maximum absolute atomic E-state index is 11.9. The number of rotatable bonds is 9. The van der Waals surface area contributed by atoms with E-state index in [1.54, 1.807) is 7.11 Å². The second kappa shape index (κ2) is 9.53. The SMILES string of the molecule is COCCNC(=O)C(C)NCC(c1ccccc1)C(C)C. The summed E-state index contributed by atoms with van der Waals surface area (Å²) >= 11 is 0. The predicted octanol–water partition coefficient (Wildman–Crippen LogP) is 2.17. The third-order valence-corrected chi connectivity index (χ3v) is 3.68. The van der Waals surface area contributed by atoms with Crippen molar-refractivity contribution < 1.29 is 9.53 Å². The van der Waals surface area contributed by atoms with Crippen molar-refractivity contribution in [3.63, 3.8) is 0 Å². The highest BCUT2D eigenvalue weighted by molar-refractivity contribution is 5.81. The third kappa shape index (κ3) is 6.27. The van der Waals surface area contributed by atoms with E-state index < -0.39 is 0 Å². The topological polar surface area (TPSA) is 50.4 Å². The van der Waals surface area contributed by atoms with Crippen molar-refractivity contribution in [2.24, 2.45) is 5.92 Å². The van der Waals surface area contributed by atoms with Gasteiger partial charge >= 0.3 is 0 Å². The quantitative estimate of drug-likeness (QED) is 0.686. The van der Waals surface area contributed by atoms with Gasteiger partial charge in [-0.1, -0.05) is 44.2 Å². The average molecular weight is 292 g/mol. The van der Waals surface area contributed by atoms with E-state index in [0.717, 1.165) is 6.54 Å². The first-order valence-corrected chi connectivity index (χ1v) is 7.61. The van der Waals surface area contributed by atoms with Crippen LogP contribution in [0, 0.1) is 5.92 Å². The highest BCUT2D eigenvalue weighted by atomic mass is 16.5. The maximum atomic E-state index is 11.9. The molecule has 0 saturated heterocycles. The van der Waals surface area contributed by atoms with Crippen molar-refractivity contribution >= 4 is 5.91 Å². The number of hydrogen-bond donors (Lipinski definition) is 2. The van der Waals surface area contributed by atoms with Crippen LogP contribution in [0.1, 0.15) is 32.3 Å². The summed E-state index contributed by atoms with van der Waals surface area (Å²) in [5.41, 5.74) is 1.31. The molecule has 1 rings (SSSR count). The Morgan fingerprint density at radius 1 is 1.19 bits per heavy atom. The molecule has 1 aromatic rings. The van der Waals surface area contributed by atoms with Crippen LogP contribution in [0.15, 0.2) is 30.3 Å². The van der Waals surface area contributed by atoms with Crippen LogP contribution in [0.3, 0.4) is 0 Å². The minimum Gasteiger partial charge on any atom is -0.383 e. The molecule has 0 heterocycles. The van der Waals surface area contributed by atoms with Gasteiger partial charge in [-0.2, -0.15) is 0 Å². The first-order chi connectivity index (χ1) is 10.1. The van der Waals surface area contributed by atoms with E-state index in [1.807, 2.05) is 13.0 Å². The first kappa shape index (κ1) is 17.7. The molecule has 0 bridgehead atoms. The van der Waals surface area contributed by atoms with Gasteiger partial charge in [-0.25, -0.2) is 0 Å². The van der Waals surface area contributed by atoms with E-state index in [2.05, 4.69) is 48.7 Å². The van der Waals surface area contributed by atoms with Gasteiger partial charge in [-0.05, 0) is 24.3 Å². The van der Waals surface area contributed by atoms with Crippen molar-refractivity contribution in [1.82, 2.24) is 10.6 Å².